The number of pyridine rings is 1. The second-order valence-corrected chi connectivity index (χ2v) is 4.89. The molecule has 0 saturated carbocycles. The fourth-order valence-electron chi connectivity index (χ4n) is 1.82. The summed E-state index contributed by atoms with van der Waals surface area (Å²) in [5.41, 5.74) is 2.54. The van der Waals surface area contributed by atoms with Gasteiger partial charge in [-0.2, -0.15) is 0 Å². The van der Waals surface area contributed by atoms with Gasteiger partial charge in [0.05, 0.1) is 5.76 Å². The normalized spacial score (nSPS) is 10.2. The molecule has 0 spiro atoms. The minimum Gasteiger partial charge on any atom is -0.512 e. The molecular formula is C18H20FN2O2Pt-. The predicted molar refractivity (Wildman–Crippen MR) is 88.3 cm³/mol. The third kappa shape index (κ3) is 8.70. The molecule has 4 nitrogen and oxygen atoms in total. The Balaban J connectivity index is 0.000000570. The summed E-state index contributed by atoms with van der Waals surface area (Å²) in [5, 5.41) is 11.4. The molecule has 1 heterocycles. The van der Waals surface area contributed by atoms with E-state index in [1.807, 2.05) is 19.2 Å². The molecule has 0 fully saturated rings. The van der Waals surface area contributed by atoms with Crippen molar-refractivity contribution in [1.82, 2.24) is 10.3 Å². The third-order valence-electron chi connectivity index (χ3n) is 2.65. The van der Waals surface area contributed by atoms with Crippen LogP contribution < -0.4 is 5.32 Å². The Labute approximate surface area is 156 Å². The summed E-state index contributed by atoms with van der Waals surface area (Å²) >= 11 is 0. The molecule has 1 aromatic carbocycles. The van der Waals surface area contributed by atoms with Crippen molar-refractivity contribution in [2.75, 3.05) is 7.05 Å². The topological polar surface area (TPSA) is 62.2 Å². The monoisotopic (exact) mass is 510 g/mol. The average molecular weight is 510 g/mol. The quantitative estimate of drug-likeness (QED) is 0.376. The van der Waals surface area contributed by atoms with E-state index in [2.05, 4.69) is 16.4 Å². The predicted octanol–water partition coefficient (Wildman–Crippen LogP) is 3.44. The second kappa shape index (κ2) is 11.7. The van der Waals surface area contributed by atoms with Crippen molar-refractivity contribution in [3.8, 4) is 11.3 Å². The van der Waals surface area contributed by atoms with Crippen molar-refractivity contribution in [2.24, 2.45) is 0 Å². The SMILES string of the molecule is CC(=O)/C=C(/C)O.CNCc1ccnc(-c2[c-]c(F)ccc2)c1.[Pt]. The van der Waals surface area contributed by atoms with Gasteiger partial charge in [0.1, 0.15) is 0 Å². The van der Waals surface area contributed by atoms with Gasteiger partial charge in [-0.1, -0.05) is 6.07 Å². The van der Waals surface area contributed by atoms with E-state index < -0.39 is 0 Å². The van der Waals surface area contributed by atoms with Crippen LogP contribution >= 0.6 is 0 Å². The molecule has 1 aromatic heterocycles. The van der Waals surface area contributed by atoms with Gasteiger partial charge in [0, 0.05) is 45.7 Å². The smallest absolute Gasteiger partial charge is 0.155 e. The number of hydrogen-bond donors (Lipinski definition) is 2. The van der Waals surface area contributed by atoms with Crippen LogP contribution in [0.15, 0.2) is 48.4 Å². The number of aromatic nitrogens is 1. The van der Waals surface area contributed by atoms with Crippen LogP contribution in [0.3, 0.4) is 0 Å². The van der Waals surface area contributed by atoms with E-state index in [0.29, 0.717) is 5.56 Å². The Morgan fingerprint density at radius 1 is 1.38 bits per heavy atom. The molecule has 2 rings (SSSR count). The van der Waals surface area contributed by atoms with Crippen molar-refractivity contribution >= 4 is 5.78 Å². The Hall–Kier alpha value is -1.84. The van der Waals surface area contributed by atoms with Gasteiger partial charge in [0.2, 0.25) is 0 Å². The van der Waals surface area contributed by atoms with E-state index in [0.717, 1.165) is 17.8 Å². The number of benzene rings is 1. The van der Waals surface area contributed by atoms with Gasteiger partial charge >= 0.3 is 0 Å². The molecule has 2 N–H and O–H groups in total. The van der Waals surface area contributed by atoms with E-state index in [-0.39, 0.29) is 38.4 Å². The number of ketones is 1. The largest absolute Gasteiger partial charge is 0.512 e. The number of allylic oxidation sites excluding steroid dienone is 2. The molecule has 0 atom stereocenters. The van der Waals surface area contributed by atoms with Crippen LogP contribution in [-0.4, -0.2) is 22.9 Å². The first kappa shape index (κ1) is 22.2. The number of aliphatic hydroxyl groups is 1. The first-order chi connectivity index (χ1) is 10.9. The van der Waals surface area contributed by atoms with Crippen LogP contribution in [0.25, 0.3) is 11.3 Å². The summed E-state index contributed by atoms with van der Waals surface area (Å²) in [6.07, 6.45) is 2.89. The minimum absolute atomic E-state index is 0. The summed E-state index contributed by atoms with van der Waals surface area (Å²) in [7, 11) is 1.88. The number of aliphatic hydroxyl groups excluding tert-OH is 1. The summed E-state index contributed by atoms with van der Waals surface area (Å²) in [4.78, 5) is 14.2. The van der Waals surface area contributed by atoms with Crippen LogP contribution in [0.1, 0.15) is 19.4 Å². The molecule has 132 valence electrons. The average Bonchev–Trinajstić information content (AvgIpc) is 2.47. The van der Waals surface area contributed by atoms with E-state index in [1.165, 1.54) is 26.0 Å². The molecule has 0 aliphatic heterocycles. The minimum atomic E-state index is -0.363. The van der Waals surface area contributed by atoms with Crippen LogP contribution in [0.5, 0.6) is 0 Å². The maximum absolute atomic E-state index is 13.0. The second-order valence-electron chi connectivity index (χ2n) is 4.89. The first-order valence-corrected chi connectivity index (χ1v) is 7.08. The number of nitrogens with zero attached hydrogens (tertiary/aromatic N) is 1. The summed E-state index contributed by atoms with van der Waals surface area (Å²) in [5.74, 6) is -0.425. The van der Waals surface area contributed by atoms with Gasteiger partial charge < -0.3 is 15.4 Å². The van der Waals surface area contributed by atoms with Crippen LogP contribution in [0, 0.1) is 11.9 Å². The molecule has 24 heavy (non-hydrogen) atoms. The number of nitrogens with one attached hydrogen (secondary N) is 1. The fourth-order valence-corrected chi connectivity index (χ4v) is 1.82. The zero-order chi connectivity index (χ0) is 17.2. The zero-order valence-corrected chi connectivity index (χ0v) is 16.0. The summed E-state index contributed by atoms with van der Waals surface area (Å²) < 4.78 is 13.0. The molecule has 0 radical (unpaired) electrons. The fraction of sp³-hybridized carbons (Fsp3) is 0.222. The standard InChI is InChI=1S/C13H12FN2.C5H8O2.Pt/c1-15-9-10-5-6-16-13(7-10)11-3-2-4-12(14)8-11;1-4(6)3-5(2)7;/h2-7,15H,9H2,1H3;3,6H,1-2H3;/q-1;;/b;4-3-;. The van der Waals surface area contributed by atoms with Crippen molar-refractivity contribution in [3.05, 3.63) is 65.8 Å². The maximum atomic E-state index is 13.0. The van der Waals surface area contributed by atoms with Crippen molar-refractivity contribution in [1.29, 1.82) is 0 Å². The van der Waals surface area contributed by atoms with Gasteiger partial charge in [-0.3, -0.25) is 4.79 Å². The third-order valence-corrected chi connectivity index (χ3v) is 2.65. The van der Waals surface area contributed by atoms with Crippen LogP contribution in [0.2, 0.25) is 0 Å². The van der Waals surface area contributed by atoms with Gasteiger partial charge in [0.15, 0.2) is 5.78 Å². The molecule has 0 unspecified atom stereocenters. The molecule has 0 bridgehead atoms. The molecule has 2 aromatic rings. The van der Waals surface area contributed by atoms with Crippen LogP contribution in [0.4, 0.5) is 4.39 Å². The number of halogens is 1. The van der Waals surface area contributed by atoms with Gasteiger partial charge in [-0.05, 0) is 38.2 Å². The summed E-state index contributed by atoms with van der Waals surface area (Å²) in [6, 6.07) is 11.3. The molecule has 0 aliphatic carbocycles. The van der Waals surface area contributed by atoms with Crippen molar-refractivity contribution in [3.63, 3.8) is 0 Å². The number of carbonyl (C=O) groups excluding carboxylic acids is 1. The number of carbonyl (C=O) groups is 1. The van der Waals surface area contributed by atoms with Crippen molar-refractivity contribution in [2.45, 2.75) is 20.4 Å². The molecule has 0 amide bonds. The van der Waals surface area contributed by atoms with Crippen LogP contribution in [-0.2, 0) is 32.4 Å². The van der Waals surface area contributed by atoms with E-state index >= 15 is 0 Å². The molecule has 6 heteroatoms. The Bertz CT molecular complexity index is 686. The molecular weight excluding hydrogens is 490 g/mol. The molecule has 0 saturated heterocycles. The van der Waals surface area contributed by atoms with Gasteiger partial charge in [-0.25, -0.2) is 4.39 Å². The number of rotatable bonds is 4. The van der Waals surface area contributed by atoms with Gasteiger partial charge in [0.25, 0.3) is 0 Å². The maximum Gasteiger partial charge on any atom is 0.155 e. The van der Waals surface area contributed by atoms with E-state index in [9.17, 15) is 9.18 Å². The van der Waals surface area contributed by atoms with E-state index in [1.54, 1.807) is 18.3 Å². The first-order valence-electron chi connectivity index (χ1n) is 7.08. The zero-order valence-electron chi connectivity index (χ0n) is 13.7. The summed E-state index contributed by atoms with van der Waals surface area (Å²) in [6.45, 7) is 3.62. The molecule has 0 aliphatic rings. The van der Waals surface area contributed by atoms with E-state index in [4.69, 9.17) is 5.11 Å². The Morgan fingerprint density at radius 2 is 2.08 bits per heavy atom. The van der Waals surface area contributed by atoms with Crippen molar-refractivity contribution < 1.29 is 35.4 Å². The Morgan fingerprint density at radius 3 is 2.58 bits per heavy atom. The number of hydrogen-bond acceptors (Lipinski definition) is 4. The Kier molecular flexibility index (Phi) is 10.8. The van der Waals surface area contributed by atoms with Gasteiger partial charge in [-0.15, -0.1) is 29.8 Å².